The van der Waals surface area contributed by atoms with Crippen LogP contribution in [-0.2, 0) is 9.53 Å². The highest BCUT2D eigenvalue weighted by atomic mass is 35.5. The number of hydrogen-bond donors (Lipinski definition) is 0. The second-order valence-corrected chi connectivity index (χ2v) is 3.91. The van der Waals surface area contributed by atoms with Crippen LogP contribution >= 0.6 is 11.6 Å². The SMILES string of the molecule is CCOC(=O)CC1CCCN1CCCl. The van der Waals surface area contributed by atoms with Crippen molar-refractivity contribution in [3.63, 3.8) is 0 Å². The highest BCUT2D eigenvalue weighted by Crippen LogP contribution is 2.20. The maximum Gasteiger partial charge on any atom is 0.307 e. The van der Waals surface area contributed by atoms with E-state index < -0.39 is 0 Å². The summed E-state index contributed by atoms with van der Waals surface area (Å²) in [6, 6.07) is 0.354. The summed E-state index contributed by atoms with van der Waals surface area (Å²) in [5, 5.41) is 0. The molecule has 0 aromatic heterocycles. The van der Waals surface area contributed by atoms with Crippen molar-refractivity contribution in [2.75, 3.05) is 25.6 Å². The molecule has 1 aliphatic rings. The van der Waals surface area contributed by atoms with E-state index >= 15 is 0 Å². The van der Waals surface area contributed by atoms with E-state index in [0.29, 0.717) is 24.9 Å². The molecule has 0 aromatic carbocycles. The fourth-order valence-electron chi connectivity index (χ4n) is 1.94. The van der Waals surface area contributed by atoms with Crippen LogP contribution in [0.15, 0.2) is 0 Å². The largest absolute Gasteiger partial charge is 0.466 e. The molecule has 0 aromatic rings. The lowest BCUT2D eigenvalue weighted by atomic mass is 10.1. The Balaban J connectivity index is 2.31. The highest BCUT2D eigenvalue weighted by molar-refractivity contribution is 6.18. The molecule has 0 bridgehead atoms. The van der Waals surface area contributed by atoms with Gasteiger partial charge in [0.1, 0.15) is 0 Å². The first-order valence-corrected chi connectivity index (χ1v) is 5.77. The molecule has 1 saturated heterocycles. The summed E-state index contributed by atoms with van der Waals surface area (Å²) in [6.45, 7) is 4.26. The van der Waals surface area contributed by atoms with Crippen molar-refractivity contribution in [1.82, 2.24) is 4.90 Å². The normalized spacial score (nSPS) is 22.6. The van der Waals surface area contributed by atoms with Gasteiger partial charge in [-0.1, -0.05) is 0 Å². The molecule has 1 aliphatic heterocycles. The van der Waals surface area contributed by atoms with E-state index in [1.807, 2.05) is 6.92 Å². The summed E-state index contributed by atoms with van der Waals surface area (Å²) in [7, 11) is 0. The van der Waals surface area contributed by atoms with E-state index in [2.05, 4.69) is 4.90 Å². The number of likely N-dealkylation sites (tertiary alicyclic amines) is 1. The van der Waals surface area contributed by atoms with Gasteiger partial charge in [0.15, 0.2) is 0 Å². The van der Waals surface area contributed by atoms with Gasteiger partial charge in [0.05, 0.1) is 13.0 Å². The lowest BCUT2D eigenvalue weighted by Crippen LogP contribution is -2.33. The molecule has 0 saturated carbocycles. The topological polar surface area (TPSA) is 29.5 Å². The smallest absolute Gasteiger partial charge is 0.307 e. The standard InChI is InChI=1S/C10H18ClNO2/c1-2-14-10(13)8-9-4-3-6-12(9)7-5-11/h9H,2-8H2,1H3. The van der Waals surface area contributed by atoms with Crippen LogP contribution in [0.25, 0.3) is 0 Å². The van der Waals surface area contributed by atoms with Crippen LogP contribution in [0.4, 0.5) is 0 Å². The molecule has 4 heteroatoms. The third-order valence-corrected chi connectivity index (χ3v) is 2.75. The summed E-state index contributed by atoms with van der Waals surface area (Å²) in [5.41, 5.74) is 0. The van der Waals surface area contributed by atoms with Gasteiger partial charge >= 0.3 is 5.97 Å². The molecule has 0 aliphatic carbocycles. The molecular formula is C10H18ClNO2. The molecule has 14 heavy (non-hydrogen) atoms. The molecule has 0 spiro atoms. The molecule has 1 atom stereocenters. The summed E-state index contributed by atoms with van der Waals surface area (Å²) in [5.74, 6) is 0.554. The van der Waals surface area contributed by atoms with Gasteiger partial charge in [0.25, 0.3) is 0 Å². The maximum absolute atomic E-state index is 11.3. The van der Waals surface area contributed by atoms with Gasteiger partial charge in [-0.25, -0.2) is 0 Å². The Morgan fingerprint density at radius 1 is 1.64 bits per heavy atom. The van der Waals surface area contributed by atoms with Crippen molar-refractivity contribution in [1.29, 1.82) is 0 Å². The fourth-order valence-corrected chi connectivity index (χ4v) is 2.16. The first-order valence-electron chi connectivity index (χ1n) is 5.23. The second kappa shape index (κ2) is 6.25. The Morgan fingerprint density at radius 2 is 2.43 bits per heavy atom. The Kier molecular flexibility index (Phi) is 5.26. The summed E-state index contributed by atoms with van der Waals surface area (Å²) < 4.78 is 4.93. The van der Waals surface area contributed by atoms with Crippen LogP contribution in [0.3, 0.4) is 0 Å². The van der Waals surface area contributed by atoms with Crippen LogP contribution in [0.5, 0.6) is 0 Å². The number of esters is 1. The number of carbonyl (C=O) groups excluding carboxylic acids is 1. The predicted octanol–water partition coefficient (Wildman–Crippen LogP) is 1.64. The molecule has 3 nitrogen and oxygen atoms in total. The lowest BCUT2D eigenvalue weighted by Gasteiger charge is -2.22. The number of carbonyl (C=O) groups is 1. The molecule has 1 heterocycles. The van der Waals surface area contributed by atoms with Gasteiger partial charge in [-0.15, -0.1) is 11.6 Å². The molecule has 0 radical (unpaired) electrons. The van der Waals surface area contributed by atoms with E-state index in [0.717, 1.165) is 19.5 Å². The first-order chi connectivity index (χ1) is 6.77. The maximum atomic E-state index is 11.3. The molecule has 1 unspecified atom stereocenters. The van der Waals surface area contributed by atoms with Crippen LogP contribution < -0.4 is 0 Å². The molecular weight excluding hydrogens is 202 g/mol. The highest BCUT2D eigenvalue weighted by Gasteiger charge is 2.26. The average molecular weight is 220 g/mol. The van der Waals surface area contributed by atoms with Crippen LogP contribution in [0.1, 0.15) is 26.2 Å². The summed E-state index contributed by atoms with van der Waals surface area (Å²) >= 11 is 5.69. The average Bonchev–Trinajstić information content (AvgIpc) is 2.54. The predicted molar refractivity (Wildman–Crippen MR) is 56.6 cm³/mol. The summed E-state index contributed by atoms with van der Waals surface area (Å²) in [4.78, 5) is 13.5. The van der Waals surface area contributed by atoms with Gasteiger partial charge in [-0.2, -0.15) is 0 Å². The monoisotopic (exact) mass is 219 g/mol. The number of alkyl halides is 1. The number of hydrogen-bond acceptors (Lipinski definition) is 3. The Hall–Kier alpha value is -0.280. The van der Waals surface area contributed by atoms with E-state index in [1.54, 1.807) is 0 Å². The van der Waals surface area contributed by atoms with Crippen molar-refractivity contribution in [3.05, 3.63) is 0 Å². The fraction of sp³-hybridized carbons (Fsp3) is 0.900. The van der Waals surface area contributed by atoms with E-state index in [4.69, 9.17) is 16.3 Å². The molecule has 0 amide bonds. The second-order valence-electron chi connectivity index (χ2n) is 3.53. The van der Waals surface area contributed by atoms with E-state index in [1.165, 1.54) is 6.42 Å². The number of rotatable bonds is 5. The Labute approximate surface area is 90.4 Å². The van der Waals surface area contributed by atoms with Gasteiger partial charge in [-0.05, 0) is 26.3 Å². The first kappa shape index (κ1) is 11.8. The van der Waals surface area contributed by atoms with Crippen molar-refractivity contribution < 1.29 is 9.53 Å². The van der Waals surface area contributed by atoms with Crippen LogP contribution in [-0.4, -0.2) is 42.5 Å². The molecule has 1 fully saturated rings. The number of ether oxygens (including phenoxy) is 1. The third kappa shape index (κ3) is 3.46. The summed E-state index contributed by atoms with van der Waals surface area (Å²) in [6.07, 6.45) is 2.78. The zero-order valence-corrected chi connectivity index (χ0v) is 9.42. The number of halogens is 1. The number of nitrogens with zero attached hydrogens (tertiary/aromatic N) is 1. The minimum absolute atomic E-state index is 0.0843. The van der Waals surface area contributed by atoms with Crippen molar-refractivity contribution in [2.24, 2.45) is 0 Å². The zero-order chi connectivity index (χ0) is 10.4. The van der Waals surface area contributed by atoms with Crippen molar-refractivity contribution in [2.45, 2.75) is 32.2 Å². The lowest BCUT2D eigenvalue weighted by molar-refractivity contribution is -0.144. The van der Waals surface area contributed by atoms with E-state index in [-0.39, 0.29) is 5.97 Å². The van der Waals surface area contributed by atoms with Crippen molar-refractivity contribution in [3.8, 4) is 0 Å². The molecule has 1 rings (SSSR count). The quantitative estimate of drug-likeness (QED) is 0.520. The minimum atomic E-state index is -0.0843. The van der Waals surface area contributed by atoms with Gasteiger partial charge < -0.3 is 4.74 Å². The van der Waals surface area contributed by atoms with Crippen LogP contribution in [0, 0.1) is 0 Å². The van der Waals surface area contributed by atoms with Gasteiger partial charge in [0, 0.05) is 18.5 Å². The van der Waals surface area contributed by atoms with Gasteiger partial charge in [-0.3, -0.25) is 9.69 Å². The molecule has 82 valence electrons. The van der Waals surface area contributed by atoms with Gasteiger partial charge in [0.2, 0.25) is 0 Å². The van der Waals surface area contributed by atoms with Crippen LogP contribution in [0.2, 0.25) is 0 Å². The van der Waals surface area contributed by atoms with E-state index in [9.17, 15) is 4.79 Å². The van der Waals surface area contributed by atoms with Crippen molar-refractivity contribution >= 4 is 17.6 Å². The Bertz CT molecular complexity index is 187. The third-order valence-electron chi connectivity index (χ3n) is 2.58. The molecule has 0 N–H and O–H groups in total. The zero-order valence-electron chi connectivity index (χ0n) is 8.67. The minimum Gasteiger partial charge on any atom is -0.466 e. The Morgan fingerprint density at radius 3 is 3.07 bits per heavy atom.